The quantitative estimate of drug-likeness (QED) is 0.558. The second-order valence-corrected chi connectivity index (χ2v) is 10.1. The number of fused-ring (bicyclic) bond motifs is 1. The van der Waals surface area contributed by atoms with Crippen LogP contribution < -0.4 is 0 Å². The Labute approximate surface area is 186 Å². The summed E-state index contributed by atoms with van der Waals surface area (Å²) >= 11 is 0. The molecule has 0 bridgehead atoms. The third-order valence-corrected chi connectivity index (χ3v) is 8.53. The first-order chi connectivity index (χ1) is 15.0. The van der Waals surface area contributed by atoms with E-state index in [0.29, 0.717) is 18.8 Å². The van der Waals surface area contributed by atoms with Gasteiger partial charge in [0.05, 0.1) is 24.5 Å². The molecule has 8 nitrogen and oxygen atoms in total. The largest absolute Gasteiger partial charge is 0.490 e. The Hall–Kier alpha value is -2.32. The summed E-state index contributed by atoms with van der Waals surface area (Å²) in [5.41, 5.74) is -1.43. The van der Waals surface area contributed by atoms with Crippen molar-refractivity contribution in [1.82, 2.24) is 0 Å². The first-order valence-electron chi connectivity index (χ1n) is 11.1. The van der Waals surface area contributed by atoms with Crippen molar-refractivity contribution in [2.24, 2.45) is 22.7 Å². The molecule has 0 radical (unpaired) electrons. The van der Waals surface area contributed by atoms with Gasteiger partial charge in [0.1, 0.15) is 35.9 Å². The molecule has 3 heterocycles. The van der Waals surface area contributed by atoms with Gasteiger partial charge >= 0.3 is 11.9 Å². The molecule has 1 N–H and O–H groups in total. The minimum atomic E-state index is -0.890. The standard InChI is InChI=1S/C24H30O8/c1-12-19(30-13(2)25)21(31-14(3)26)23(5)20-16(8-18(27)24(23)11-29-24)32-17(9-22(12,20)4)15-6-7-28-10-15/h6-7,9-10,12,16,18-21,27H,8,11H2,1-5H3/t12-,16-,18+,19-,20-,21+,22-,23+,24-/m1/s1. The fourth-order valence-electron chi connectivity index (χ4n) is 6.94. The van der Waals surface area contributed by atoms with Gasteiger partial charge in [0.2, 0.25) is 0 Å². The van der Waals surface area contributed by atoms with E-state index in [0.717, 1.165) is 5.56 Å². The van der Waals surface area contributed by atoms with Gasteiger partial charge in [-0.25, -0.2) is 0 Å². The molecule has 3 fully saturated rings. The minimum Gasteiger partial charge on any atom is -0.490 e. The zero-order valence-corrected chi connectivity index (χ0v) is 19.0. The van der Waals surface area contributed by atoms with Crippen molar-refractivity contribution >= 4 is 17.7 Å². The molecule has 1 aromatic heterocycles. The molecule has 5 rings (SSSR count). The van der Waals surface area contributed by atoms with Crippen LogP contribution in [0.4, 0.5) is 0 Å². The van der Waals surface area contributed by atoms with Gasteiger partial charge in [-0.1, -0.05) is 20.8 Å². The first-order valence-corrected chi connectivity index (χ1v) is 11.1. The molecule has 174 valence electrons. The molecular weight excluding hydrogens is 416 g/mol. The van der Waals surface area contributed by atoms with Gasteiger partial charge in [0.25, 0.3) is 0 Å². The Morgan fingerprint density at radius 2 is 1.88 bits per heavy atom. The van der Waals surface area contributed by atoms with Crippen molar-refractivity contribution in [3.05, 3.63) is 30.2 Å². The number of allylic oxidation sites excluding steroid dienone is 1. The number of carbonyl (C=O) groups excluding carboxylic acids is 2. The Bertz CT molecular complexity index is 963. The third kappa shape index (κ3) is 2.68. The molecule has 0 amide bonds. The van der Waals surface area contributed by atoms with Crippen LogP contribution >= 0.6 is 0 Å². The molecule has 2 aliphatic carbocycles. The lowest BCUT2D eigenvalue weighted by Gasteiger charge is -2.66. The zero-order valence-electron chi connectivity index (χ0n) is 19.0. The van der Waals surface area contributed by atoms with Gasteiger partial charge in [-0.2, -0.15) is 0 Å². The monoisotopic (exact) mass is 446 g/mol. The Morgan fingerprint density at radius 1 is 1.19 bits per heavy atom. The van der Waals surface area contributed by atoms with Crippen molar-refractivity contribution in [2.75, 3.05) is 6.61 Å². The van der Waals surface area contributed by atoms with Gasteiger partial charge in [0.15, 0.2) is 0 Å². The molecule has 0 aromatic carbocycles. The van der Waals surface area contributed by atoms with E-state index in [1.54, 1.807) is 12.5 Å². The molecule has 1 saturated heterocycles. The fraction of sp³-hybridized carbons (Fsp3) is 0.667. The minimum absolute atomic E-state index is 0.150. The van der Waals surface area contributed by atoms with E-state index in [-0.39, 0.29) is 17.9 Å². The maximum absolute atomic E-state index is 12.2. The summed E-state index contributed by atoms with van der Waals surface area (Å²) in [5, 5.41) is 11.2. The van der Waals surface area contributed by atoms with Crippen LogP contribution in [-0.2, 0) is 28.5 Å². The number of hydrogen-bond acceptors (Lipinski definition) is 8. The van der Waals surface area contributed by atoms with Crippen LogP contribution in [0.3, 0.4) is 0 Å². The van der Waals surface area contributed by atoms with Crippen LogP contribution in [-0.4, -0.2) is 53.7 Å². The molecule has 2 aliphatic heterocycles. The van der Waals surface area contributed by atoms with Gasteiger partial charge < -0.3 is 28.5 Å². The SMILES string of the molecule is CC(=O)O[C@@H]1[C@@H](C)[C@@]2(C)C=C(c3ccoc3)O[C@@H]3C[C@H](O)[C@]4(CO4)[C@@](C)([C@H]32)[C@H]1OC(C)=O. The molecular formula is C24H30O8. The van der Waals surface area contributed by atoms with Gasteiger partial charge in [0, 0.05) is 42.9 Å². The third-order valence-electron chi connectivity index (χ3n) is 8.53. The molecule has 0 unspecified atom stereocenters. The number of rotatable bonds is 3. The number of esters is 2. The van der Waals surface area contributed by atoms with Crippen LogP contribution in [0.15, 0.2) is 29.1 Å². The van der Waals surface area contributed by atoms with Crippen LogP contribution in [0, 0.1) is 22.7 Å². The molecule has 1 spiro atoms. The lowest BCUT2D eigenvalue weighted by molar-refractivity contribution is -0.277. The normalized spacial score (nSPS) is 46.5. The van der Waals surface area contributed by atoms with Crippen LogP contribution in [0.25, 0.3) is 5.76 Å². The fourth-order valence-corrected chi connectivity index (χ4v) is 6.94. The summed E-state index contributed by atoms with van der Waals surface area (Å²) in [6.45, 7) is 9.17. The number of carbonyl (C=O) groups is 2. The number of epoxide rings is 1. The molecule has 32 heavy (non-hydrogen) atoms. The van der Waals surface area contributed by atoms with E-state index in [2.05, 4.69) is 13.0 Å². The Kier molecular flexibility index (Phi) is 4.60. The Balaban J connectivity index is 1.72. The van der Waals surface area contributed by atoms with Crippen LogP contribution in [0.2, 0.25) is 0 Å². The zero-order chi connectivity index (χ0) is 23.1. The first kappa shape index (κ1) is 21.5. The molecule has 9 atom stereocenters. The number of aliphatic hydroxyl groups excluding tert-OH is 1. The highest BCUT2D eigenvalue weighted by Crippen LogP contribution is 2.70. The summed E-state index contributed by atoms with van der Waals surface area (Å²) in [6, 6.07) is 1.83. The molecule has 1 aromatic rings. The van der Waals surface area contributed by atoms with E-state index in [4.69, 9.17) is 23.4 Å². The average molecular weight is 446 g/mol. The van der Waals surface area contributed by atoms with Crippen molar-refractivity contribution < 1.29 is 38.1 Å². The number of hydrogen-bond donors (Lipinski definition) is 1. The second-order valence-electron chi connectivity index (χ2n) is 10.1. The second kappa shape index (κ2) is 6.84. The predicted octanol–water partition coefficient (Wildman–Crippen LogP) is 2.69. The van der Waals surface area contributed by atoms with E-state index in [1.165, 1.54) is 13.8 Å². The Morgan fingerprint density at radius 3 is 2.44 bits per heavy atom. The van der Waals surface area contributed by atoms with Gasteiger partial charge in [-0.3, -0.25) is 9.59 Å². The highest BCUT2D eigenvalue weighted by atomic mass is 16.6. The summed E-state index contributed by atoms with van der Waals surface area (Å²) < 4.78 is 29.4. The van der Waals surface area contributed by atoms with E-state index in [9.17, 15) is 14.7 Å². The number of ether oxygens (including phenoxy) is 4. The van der Waals surface area contributed by atoms with Gasteiger partial charge in [-0.05, 0) is 12.1 Å². The highest BCUT2D eigenvalue weighted by molar-refractivity contribution is 5.68. The van der Waals surface area contributed by atoms with Crippen LogP contribution in [0.5, 0.6) is 0 Å². The molecule has 4 aliphatic rings. The lowest BCUT2D eigenvalue weighted by Crippen LogP contribution is -2.75. The summed E-state index contributed by atoms with van der Waals surface area (Å²) in [5.74, 6) is -0.600. The number of aliphatic hydroxyl groups is 1. The van der Waals surface area contributed by atoms with Crippen molar-refractivity contribution in [3.8, 4) is 0 Å². The van der Waals surface area contributed by atoms with Crippen LogP contribution in [0.1, 0.15) is 46.6 Å². The number of furan rings is 1. The maximum Gasteiger partial charge on any atom is 0.303 e. The van der Waals surface area contributed by atoms with Gasteiger partial charge in [-0.15, -0.1) is 0 Å². The maximum atomic E-state index is 12.2. The van der Waals surface area contributed by atoms with E-state index >= 15 is 0 Å². The van der Waals surface area contributed by atoms with E-state index in [1.807, 2.05) is 19.9 Å². The molecule has 2 saturated carbocycles. The van der Waals surface area contributed by atoms with Crippen molar-refractivity contribution in [2.45, 2.75) is 71.1 Å². The average Bonchev–Trinajstić information content (AvgIpc) is 3.34. The smallest absolute Gasteiger partial charge is 0.303 e. The highest BCUT2D eigenvalue weighted by Gasteiger charge is 2.80. The van der Waals surface area contributed by atoms with Crippen molar-refractivity contribution in [3.63, 3.8) is 0 Å². The predicted molar refractivity (Wildman–Crippen MR) is 111 cm³/mol. The van der Waals surface area contributed by atoms with E-state index < -0.39 is 46.7 Å². The molecule has 8 heteroatoms. The summed E-state index contributed by atoms with van der Waals surface area (Å²) in [7, 11) is 0. The summed E-state index contributed by atoms with van der Waals surface area (Å²) in [6.07, 6.45) is 3.02. The topological polar surface area (TPSA) is 108 Å². The lowest BCUT2D eigenvalue weighted by atomic mass is 9.41. The van der Waals surface area contributed by atoms with Crippen molar-refractivity contribution in [1.29, 1.82) is 0 Å². The summed E-state index contributed by atoms with van der Waals surface area (Å²) in [4.78, 5) is 24.3.